The van der Waals surface area contributed by atoms with Gasteiger partial charge in [0.15, 0.2) is 0 Å². The fraction of sp³-hybridized carbons (Fsp3) is 0.615. The van der Waals surface area contributed by atoms with E-state index >= 15 is 0 Å². The maximum Gasteiger partial charge on any atom is 0.0931 e. The molecule has 100 valence electrons. The molecular formula is C13H21N3O2. The van der Waals surface area contributed by atoms with Crippen molar-refractivity contribution in [2.24, 2.45) is 0 Å². The lowest BCUT2D eigenvalue weighted by Crippen LogP contribution is -2.47. The first kappa shape index (κ1) is 13.3. The lowest BCUT2D eigenvalue weighted by atomic mass is 10.2. The zero-order valence-corrected chi connectivity index (χ0v) is 10.8. The summed E-state index contributed by atoms with van der Waals surface area (Å²) in [4.78, 5) is 8.81. The fourth-order valence-corrected chi connectivity index (χ4v) is 2.20. The third-order valence-corrected chi connectivity index (χ3v) is 3.35. The van der Waals surface area contributed by atoms with Gasteiger partial charge in [0.1, 0.15) is 0 Å². The number of aliphatic hydroxyl groups excluding tert-OH is 2. The van der Waals surface area contributed by atoms with Crippen LogP contribution < -0.4 is 4.90 Å². The Kier molecular flexibility index (Phi) is 4.52. The predicted octanol–water partition coefficient (Wildman–Crippen LogP) is 0.249. The van der Waals surface area contributed by atoms with Crippen LogP contribution in [0.25, 0.3) is 0 Å². The molecule has 1 aliphatic heterocycles. The van der Waals surface area contributed by atoms with Crippen LogP contribution in [0.2, 0.25) is 0 Å². The molecule has 1 saturated heterocycles. The quantitative estimate of drug-likeness (QED) is 0.803. The molecule has 0 aliphatic carbocycles. The molecule has 0 radical (unpaired) electrons. The van der Waals surface area contributed by atoms with Gasteiger partial charge in [-0.05, 0) is 19.1 Å². The highest BCUT2D eigenvalue weighted by Gasteiger charge is 2.16. The summed E-state index contributed by atoms with van der Waals surface area (Å²) in [6.45, 7) is 6.55. The van der Waals surface area contributed by atoms with Crippen LogP contribution in [0.3, 0.4) is 0 Å². The van der Waals surface area contributed by atoms with Crippen molar-refractivity contribution in [3.05, 3.63) is 24.0 Å². The number of anilines is 1. The van der Waals surface area contributed by atoms with Crippen LogP contribution in [0.1, 0.15) is 18.7 Å². The van der Waals surface area contributed by atoms with E-state index in [0.717, 1.165) is 38.4 Å². The van der Waals surface area contributed by atoms with E-state index in [1.807, 2.05) is 18.3 Å². The number of piperazine rings is 1. The molecule has 18 heavy (non-hydrogen) atoms. The molecule has 2 heterocycles. The second-order valence-electron chi connectivity index (χ2n) is 4.67. The average molecular weight is 251 g/mol. The molecule has 5 nitrogen and oxygen atoms in total. The van der Waals surface area contributed by atoms with E-state index in [4.69, 9.17) is 5.11 Å². The first-order chi connectivity index (χ1) is 8.70. The van der Waals surface area contributed by atoms with E-state index in [0.29, 0.717) is 5.69 Å². The van der Waals surface area contributed by atoms with Gasteiger partial charge in [-0.1, -0.05) is 0 Å². The molecular weight excluding hydrogens is 230 g/mol. The summed E-state index contributed by atoms with van der Waals surface area (Å²) in [6, 6.07) is 3.89. The second-order valence-corrected chi connectivity index (χ2v) is 4.67. The van der Waals surface area contributed by atoms with Gasteiger partial charge in [-0.3, -0.25) is 9.88 Å². The van der Waals surface area contributed by atoms with Crippen LogP contribution in [0, 0.1) is 0 Å². The van der Waals surface area contributed by atoms with E-state index in [1.165, 1.54) is 0 Å². The topological polar surface area (TPSA) is 59.8 Å². The minimum absolute atomic E-state index is 0.227. The molecule has 0 unspecified atom stereocenters. The first-order valence-electron chi connectivity index (χ1n) is 6.43. The Morgan fingerprint density at radius 3 is 2.50 bits per heavy atom. The van der Waals surface area contributed by atoms with Crippen molar-refractivity contribution >= 4 is 5.69 Å². The number of aliphatic hydroxyl groups is 2. The monoisotopic (exact) mass is 251 g/mol. The minimum atomic E-state index is -0.513. The summed E-state index contributed by atoms with van der Waals surface area (Å²) in [7, 11) is 0. The number of hydrogen-bond acceptors (Lipinski definition) is 5. The largest absolute Gasteiger partial charge is 0.395 e. The Labute approximate surface area is 108 Å². The standard InChI is InChI=1S/C13H21N3O2/c1-11(18)13-3-2-12(10-14-13)16-6-4-15(5-7-16)8-9-17/h2-3,10-11,17-18H,4-9H2,1H3/t11-/m0/s1. The Morgan fingerprint density at radius 2 is 2.00 bits per heavy atom. The van der Waals surface area contributed by atoms with Crippen LogP contribution >= 0.6 is 0 Å². The highest BCUT2D eigenvalue weighted by Crippen LogP contribution is 2.17. The summed E-state index contributed by atoms with van der Waals surface area (Å²) < 4.78 is 0. The summed E-state index contributed by atoms with van der Waals surface area (Å²) in [6.07, 6.45) is 1.31. The Morgan fingerprint density at radius 1 is 1.28 bits per heavy atom. The van der Waals surface area contributed by atoms with E-state index in [9.17, 15) is 5.11 Å². The molecule has 0 aromatic carbocycles. The van der Waals surface area contributed by atoms with Crippen molar-refractivity contribution < 1.29 is 10.2 Å². The highest BCUT2D eigenvalue weighted by atomic mass is 16.3. The number of rotatable bonds is 4. The molecule has 1 atom stereocenters. The van der Waals surface area contributed by atoms with Crippen molar-refractivity contribution in [1.82, 2.24) is 9.88 Å². The Bertz CT molecular complexity index is 359. The van der Waals surface area contributed by atoms with E-state index in [-0.39, 0.29) is 6.61 Å². The van der Waals surface area contributed by atoms with Gasteiger partial charge >= 0.3 is 0 Å². The van der Waals surface area contributed by atoms with Gasteiger partial charge < -0.3 is 15.1 Å². The normalized spacial score (nSPS) is 18.9. The van der Waals surface area contributed by atoms with Crippen molar-refractivity contribution in [2.75, 3.05) is 44.2 Å². The zero-order valence-electron chi connectivity index (χ0n) is 10.8. The maximum atomic E-state index is 9.41. The van der Waals surface area contributed by atoms with Crippen molar-refractivity contribution in [2.45, 2.75) is 13.0 Å². The van der Waals surface area contributed by atoms with Crippen LogP contribution in [0.15, 0.2) is 18.3 Å². The SMILES string of the molecule is C[C@H](O)c1ccc(N2CCN(CCO)CC2)cn1. The van der Waals surface area contributed by atoms with Gasteiger partial charge in [-0.2, -0.15) is 0 Å². The van der Waals surface area contributed by atoms with Crippen LogP contribution in [-0.2, 0) is 0 Å². The molecule has 1 fully saturated rings. The van der Waals surface area contributed by atoms with E-state index in [2.05, 4.69) is 14.8 Å². The van der Waals surface area contributed by atoms with Crippen LogP contribution in [0.5, 0.6) is 0 Å². The summed E-state index contributed by atoms with van der Waals surface area (Å²) in [5.74, 6) is 0. The third-order valence-electron chi connectivity index (χ3n) is 3.35. The lowest BCUT2D eigenvalue weighted by Gasteiger charge is -2.35. The Balaban J connectivity index is 1.93. The highest BCUT2D eigenvalue weighted by molar-refractivity contribution is 5.45. The fourth-order valence-electron chi connectivity index (χ4n) is 2.20. The van der Waals surface area contributed by atoms with Crippen molar-refractivity contribution in [1.29, 1.82) is 0 Å². The number of β-amino-alcohol motifs (C(OH)–C–C–N with tert-alkyl or cyclic N) is 1. The summed E-state index contributed by atoms with van der Waals surface area (Å²) in [5.41, 5.74) is 1.81. The molecule has 0 saturated carbocycles. The number of hydrogen-bond donors (Lipinski definition) is 2. The average Bonchev–Trinajstić information content (AvgIpc) is 2.40. The third kappa shape index (κ3) is 3.19. The van der Waals surface area contributed by atoms with Gasteiger partial charge in [0, 0.05) is 32.7 Å². The smallest absolute Gasteiger partial charge is 0.0931 e. The van der Waals surface area contributed by atoms with Gasteiger partial charge in [0.05, 0.1) is 30.3 Å². The van der Waals surface area contributed by atoms with Gasteiger partial charge in [-0.15, -0.1) is 0 Å². The first-order valence-corrected chi connectivity index (χ1v) is 6.43. The minimum Gasteiger partial charge on any atom is -0.395 e. The molecule has 1 aromatic heterocycles. The van der Waals surface area contributed by atoms with Gasteiger partial charge in [0.25, 0.3) is 0 Å². The number of aromatic nitrogens is 1. The molecule has 1 aromatic rings. The van der Waals surface area contributed by atoms with Gasteiger partial charge in [-0.25, -0.2) is 0 Å². The van der Waals surface area contributed by atoms with Crippen molar-refractivity contribution in [3.63, 3.8) is 0 Å². The maximum absolute atomic E-state index is 9.41. The molecule has 2 N–H and O–H groups in total. The van der Waals surface area contributed by atoms with Gasteiger partial charge in [0.2, 0.25) is 0 Å². The molecule has 0 spiro atoms. The number of nitrogens with zero attached hydrogens (tertiary/aromatic N) is 3. The molecule has 0 bridgehead atoms. The zero-order chi connectivity index (χ0) is 13.0. The van der Waals surface area contributed by atoms with E-state index < -0.39 is 6.10 Å². The predicted molar refractivity (Wildman–Crippen MR) is 70.6 cm³/mol. The molecule has 0 amide bonds. The Hall–Kier alpha value is -1.17. The lowest BCUT2D eigenvalue weighted by molar-refractivity contribution is 0.188. The summed E-state index contributed by atoms with van der Waals surface area (Å²) in [5, 5.41) is 18.3. The van der Waals surface area contributed by atoms with Crippen LogP contribution in [-0.4, -0.2) is 59.4 Å². The van der Waals surface area contributed by atoms with Crippen molar-refractivity contribution in [3.8, 4) is 0 Å². The summed E-state index contributed by atoms with van der Waals surface area (Å²) >= 11 is 0. The number of pyridine rings is 1. The molecule has 2 rings (SSSR count). The van der Waals surface area contributed by atoms with Crippen LogP contribution in [0.4, 0.5) is 5.69 Å². The molecule has 1 aliphatic rings. The van der Waals surface area contributed by atoms with E-state index in [1.54, 1.807) is 6.92 Å². The second kappa shape index (κ2) is 6.13. The molecule has 5 heteroatoms.